The third-order valence-corrected chi connectivity index (χ3v) is 4.72. The van der Waals surface area contributed by atoms with Crippen LogP contribution in [0.25, 0.3) is 0 Å². The molecule has 0 saturated carbocycles. The molecule has 2 rings (SSSR count). The van der Waals surface area contributed by atoms with E-state index < -0.39 is 6.09 Å². The van der Waals surface area contributed by atoms with E-state index in [9.17, 15) is 9.59 Å². The van der Waals surface area contributed by atoms with E-state index in [1.165, 1.54) is 7.11 Å². The molecule has 1 fully saturated rings. The van der Waals surface area contributed by atoms with E-state index in [1.807, 2.05) is 36.1 Å². The zero-order valence-electron chi connectivity index (χ0n) is 17.5. The number of nitrogens with zero attached hydrogens (tertiary/aromatic N) is 2. The summed E-state index contributed by atoms with van der Waals surface area (Å²) in [5.74, 6) is 1.04. The Morgan fingerprint density at radius 2 is 1.97 bits per heavy atom. The highest BCUT2D eigenvalue weighted by Crippen LogP contribution is 2.12. The average molecular weight is 404 g/mol. The van der Waals surface area contributed by atoms with Crippen LogP contribution in [0.1, 0.15) is 44.6 Å². The molecular weight excluding hydrogens is 370 g/mol. The molecule has 1 saturated heterocycles. The molecule has 2 amide bonds. The SMILES string of the molecule is CCNC(=NCc1ccc(NC(=O)OC)cc1)NCCCN1CCCCCC1=O. The summed E-state index contributed by atoms with van der Waals surface area (Å²) in [7, 11) is 1.33. The van der Waals surface area contributed by atoms with Gasteiger partial charge >= 0.3 is 6.09 Å². The predicted octanol–water partition coefficient (Wildman–Crippen LogP) is 2.71. The van der Waals surface area contributed by atoms with Gasteiger partial charge in [0.15, 0.2) is 5.96 Å². The van der Waals surface area contributed by atoms with Crippen LogP contribution in [-0.2, 0) is 16.1 Å². The predicted molar refractivity (Wildman–Crippen MR) is 115 cm³/mol. The number of nitrogens with one attached hydrogen (secondary N) is 3. The van der Waals surface area contributed by atoms with Crippen molar-refractivity contribution in [2.45, 2.75) is 45.6 Å². The number of ether oxygens (including phenoxy) is 1. The van der Waals surface area contributed by atoms with Gasteiger partial charge in [-0.3, -0.25) is 10.1 Å². The van der Waals surface area contributed by atoms with Crippen molar-refractivity contribution in [2.24, 2.45) is 4.99 Å². The van der Waals surface area contributed by atoms with Crippen LogP contribution in [-0.4, -0.2) is 56.1 Å². The van der Waals surface area contributed by atoms with Gasteiger partial charge in [-0.25, -0.2) is 9.79 Å². The van der Waals surface area contributed by atoms with Crippen molar-refractivity contribution in [1.82, 2.24) is 15.5 Å². The highest BCUT2D eigenvalue weighted by atomic mass is 16.5. The van der Waals surface area contributed by atoms with Gasteiger partial charge in [-0.15, -0.1) is 0 Å². The molecule has 3 N–H and O–H groups in total. The number of anilines is 1. The normalized spacial score (nSPS) is 14.9. The van der Waals surface area contributed by atoms with Gasteiger partial charge in [0, 0.05) is 38.3 Å². The minimum Gasteiger partial charge on any atom is -0.453 e. The second-order valence-corrected chi connectivity index (χ2v) is 6.98. The molecule has 29 heavy (non-hydrogen) atoms. The molecule has 0 atom stereocenters. The number of hydrogen-bond acceptors (Lipinski definition) is 4. The molecule has 1 aliphatic heterocycles. The first-order chi connectivity index (χ1) is 14.1. The van der Waals surface area contributed by atoms with Gasteiger partial charge in [0.05, 0.1) is 13.7 Å². The van der Waals surface area contributed by atoms with Crippen molar-refractivity contribution in [2.75, 3.05) is 38.6 Å². The van der Waals surface area contributed by atoms with Crippen LogP contribution >= 0.6 is 0 Å². The number of guanidine groups is 1. The van der Waals surface area contributed by atoms with Gasteiger partial charge in [-0.1, -0.05) is 18.6 Å². The van der Waals surface area contributed by atoms with Gasteiger partial charge in [0.25, 0.3) is 0 Å². The van der Waals surface area contributed by atoms with Gasteiger partial charge < -0.3 is 20.3 Å². The number of carbonyl (C=O) groups is 2. The summed E-state index contributed by atoms with van der Waals surface area (Å²) in [5, 5.41) is 9.20. The summed E-state index contributed by atoms with van der Waals surface area (Å²) in [6.07, 6.45) is 4.37. The van der Waals surface area contributed by atoms with Crippen molar-refractivity contribution in [1.29, 1.82) is 0 Å². The van der Waals surface area contributed by atoms with Crippen LogP contribution in [0.5, 0.6) is 0 Å². The topological polar surface area (TPSA) is 95.1 Å². The summed E-state index contributed by atoms with van der Waals surface area (Å²) in [6.45, 7) is 5.77. The first-order valence-electron chi connectivity index (χ1n) is 10.4. The molecule has 1 aromatic rings. The Bertz CT molecular complexity index is 675. The Hall–Kier alpha value is -2.77. The second-order valence-electron chi connectivity index (χ2n) is 6.98. The maximum atomic E-state index is 12.0. The van der Waals surface area contributed by atoms with E-state index in [0.717, 1.165) is 63.4 Å². The van der Waals surface area contributed by atoms with Crippen molar-refractivity contribution in [3.63, 3.8) is 0 Å². The summed E-state index contributed by atoms with van der Waals surface area (Å²) in [6, 6.07) is 7.48. The van der Waals surface area contributed by atoms with Gasteiger partial charge in [0.1, 0.15) is 0 Å². The lowest BCUT2D eigenvalue weighted by Crippen LogP contribution is -2.39. The second kappa shape index (κ2) is 12.6. The van der Waals surface area contributed by atoms with Gasteiger partial charge in [-0.2, -0.15) is 0 Å². The third kappa shape index (κ3) is 8.41. The minimum absolute atomic E-state index is 0.285. The number of likely N-dealkylation sites (tertiary alicyclic amines) is 1. The fourth-order valence-electron chi connectivity index (χ4n) is 3.13. The Balaban J connectivity index is 1.78. The number of benzene rings is 1. The van der Waals surface area contributed by atoms with Crippen molar-refractivity contribution < 1.29 is 14.3 Å². The molecule has 0 bridgehead atoms. The Morgan fingerprint density at radius 3 is 2.69 bits per heavy atom. The summed E-state index contributed by atoms with van der Waals surface area (Å²) >= 11 is 0. The third-order valence-electron chi connectivity index (χ3n) is 4.72. The highest BCUT2D eigenvalue weighted by molar-refractivity contribution is 5.84. The van der Waals surface area contributed by atoms with Crippen molar-refractivity contribution in [3.05, 3.63) is 29.8 Å². The number of hydrogen-bond donors (Lipinski definition) is 3. The standard InChI is InChI=1S/C21H33N5O3/c1-3-22-20(23-13-7-15-26-14-6-4-5-8-19(26)27)24-16-17-9-11-18(12-10-17)25-21(28)29-2/h9-12H,3-8,13-16H2,1-2H3,(H,25,28)(H2,22,23,24). The van der Waals surface area contributed by atoms with Gasteiger partial charge in [0.2, 0.25) is 5.91 Å². The lowest BCUT2D eigenvalue weighted by Gasteiger charge is -2.20. The Kier molecular flexibility index (Phi) is 9.82. The molecule has 0 aliphatic carbocycles. The fraction of sp³-hybridized carbons (Fsp3) is 0.571. The zero-order valence-corrected chi connectivity index (χ0v) is 17.5. The van der Waals surface area contributed by atoms with E-state index in [4.69, 9.17) is 0 Å². The maximum absolute atomic E-state index is 12.0. The van der Waals surface area contributed by atoms with E-state index in [0.29, 0.717) is 18.7 Å². The fourth-order valence-corrected chi connectivity index (χ4v) is 3.13. The van der Waals surface area contributed by atoms with E-state index >= 15 is 0 Å². The highest BCUT2D eigenvalue weighted by Gasteiger charge is 2.15. The molecule has 8 heteroatoms. The summed E-state index contributed by atoms with van der Waals surface area (Å²) < 4.78 is 4.58. The molecule has 8 nitrogen and oxygen atoms in total. The number of aliphatic imine (C=N–C) groups is 1. The first-order valence-corrected chi connectivity index (χ1v) is 10.4. The number of rotatable bonds is 8. The molecule has 0 unspecified atom stereocenters. The number of carbonyl (C=O) groups excluding carboxylic acids is 2. The average Bonchev–Trinajstić information content (AvgIpc) is 2.94. The summed E-state index contributed by atoms with van der Waals surface area (Å²) in [5.41, 5.74) is 1.71. The van der Waals surface area contributed by atoms with Gasteiger partial charge in [-0.05, 0) is 43.9 Å². The monoisotopic (exact) mass is 403 g/mol. The van der Waals surface area contributed by atoms with Crippen LogP contribution in [0.3, 0.4) is 0 Å². The molecule has 0 aromatic heterocycles. The quantitative estimate of drug-likeness (QED) is 0.352. The first kappa shape index (κ1) is 22.5. The molecule has 0 spiro atoms. The lowest BCUT2D eigenvalue weighted by molar-refractivity contribution is -0.130. The molecule has 0 radical (unpaired) electrons. The molecule has 1 heterocycles. The smallest absolute Gasteiger partial charge is 0.411 e. The van der Waals surface area contributed by atoms with Crippen LogP contribution in [0.4, 0.5) is 10.5 Å². The molecular formula is C21H33N5O3. The molecule has 160 valence electrons. The van der Waals surface area contributed by atoms with E-state index in [1.54, 1.807) is 0 Å². The van der Waals surface area contributed by atoms with Crippen LogP contribution in [0, 0.1) is 0 Å². The number of amides is 2. The van der Waals surface area contributed by atoms with Crippen molar-refractivity contribution >= 4 is 23.6 Å². The maximum Gasteiger partial charge on any atom is 0.411 e. The van der Waals surface area contributed by atoms with E-state index in [-0.39, 0.29) is 5.91 Å². The van der Waals surface area contributed by atoms with Crippen LogP contribution in [0.15, 0.2) is 29.3 Å². The minimum atomic E-state index is -0.490. The Labute approximate surface area is 173 Å². The van der Waals surface area contributed by atoms with Crippen molar-refractivity contribution in [3.8, 4) is 0 Å². The summed E-state index contributed by atoms with van der Waals surface area (Å²) in [4.78, 5) is 29.9. The molecule has 1 aromatic carbocycles. The van der Waals surface area contributed by atoms with Crippen LogP contribution < -0.4 is 16.0 Å². The van der Waals surface area contributed by atoms with Crippen LogP contribution in [0.2, 0.25) is 0 Å². The Morgan fingerprint density at radius 1 is 1.17 bits per heavy atom. The van der Waals surface area contributed by atoms with E-state index in [2.05, 4.69) is 25.7 Å². The lowest BCUT2D eigenvalue weighted by atomic mass is 10.2. The molecule has 1 aliphatic rings. The largest absolute Gasteiger partial charge is 0.453 e. The number of methoxy groups -OCH3 is 1. The zero-order chi connectivity index (χ0) is 20.9.